The first kappa shape index (κ1) is 11.9. The zero-order valence-corrected chi connectivity index (χ0v) is 10.5. The lowest BCUT2D eigenvalue weighted by Crippen LogP contribution is -2.29. The van der Waals surface area contributed by atoms with Gasteiger partial charge in [-0.1, -0.05) is 26.8 Å². The van der Waals surface area contributed by atoms with Crippen molar-refractivity contribution in [1.29, 1.82) is 0 Å². The van der Waals surface area contributed by atoms with Gasteiger partial charge in [-0.3, -0.25) is 0 Å². The minimum Gasteiger partial charge on any atom is -0.398 e. The Morgan fingerprint density at radius 2 is 1.87 bits per heavy atom. The fourth-order valence-corrected chi connectivity index (χ4v) is 1.85. The molecule has 84 valence electrons. The fourth-order valence-electron chi connectivity index (χ4n) is 1.85. The molecule has 0 saturated heterocycles. The summed E-state index contributed by atoms with van der Waals surface area (Å²) < 4.78 is 0. The molecule has 0 aliphatic rings. The molecule has 0 aliphatic heterocycles. The zero-order chi connectivity index (χ0) is 11.6. The molecule has 1 aromatic carbocycles. The summed E-state index contributed by atoms with van der Waals surface area (Å²) >= 11 is 0. The van der Waals surface area contributed by atoms with Crippen molar-refractivity contribution in [2.24, 2.45) is 5.41 Å². The molecular formula is C13H22N2. The van der Waals surface area contributed by atoms with Crippen LogP contribution in [0.2, 0.25) is 0 Å². The van der Waals surface area contributed by atoms with Crippen molar-refractivity contribution >= 4 is 11.4 Å². The Morgan fingerprint density at radius 1 is 1.27 bits per heavy atom. The first-order chi connectivity index (χ1) is 6.81. The van der Waals surface area contributed by atoms with E-state index in [4.69, 9.17) is 5.73 Å². The molecule has 2 heteroatoms. The van der Waals surface area contributed by atoms with Crippen molar-refractivity contribution in [3.63, 3.8) is 0 Å². The fraction of sp³-hybridized carbons (Fsp3) is 0.538. The number of hydrogen-bond acceptors (Lipinski definition) is 2. The minimum atomic E-state index is 0.297. The number of nitrogens with zero attached hydrogens (tertiary/aromatic N) is 1. The van der Waals surface area contributed by atoms with Crippen LogP contribution in [-0.2, 0) is 0 Å². The van der Waals surface area contributed by atoms with Crippen LogP contribution in [0.5, 0.6) is 0 Å². The van der Waals surface area contributed by atoms with Crippen LogP contribution in [-0.4, -0.2) is 13.6 Å². The SMILES string of the molecule is Cc1c(N)cccc1N(C)CC(C)(C)C. The van der Waals surface area contributed by atoms with Crippen LogP contribution in [0.1, 0.15) is 26.3 Å². The topological polar surface area (TPSA) is 29.3 Å². The highest BCUT2D eigenvalue weighted by Gasteiger charge is 2.15. The van der Waals surface area contributed by atoms with Gasteiger partial charge in [-0.05, 0) is 30.0 Å². The predicted octanol–water partition coefficient (Wildman–Crippen LogP) is 3.06. The Labute approximate surface area is 93.1 Å². The van der Waals surface area contributed by atoms with Crippen LogP contribution in [0.25, 0.3) is 0 Å². The van der Waals surface area contributed by atoms with E-state index in [0.717, 1.165) is 12.2 Å². The molecule has 0 aliphatic carbocycles. The lowest BCUT2D eigenvalue weighted by molar-refractivity contribution is 0.419. The molecule has 0 fully saturated rings. The third-order valence-corrected chi connectivity index (χ3v) is 2.47. The number of hydrogen-bond donors (Lipinski definition) is 1. The van der Waals surface area contributed by atoms with Crippen molar-refractivity contribution in [1.82, 2.24) is 0 Å². The monoisotopic (exact) mass is 206 g/mol. The van der Waals surface area contributed by atoms with Crippen molar-refractivity contribution in [2.45, 2.75) is 27.7 Å². The van der Waals surface area contributed by atoms with Crippen molar-refractivity contribution in [3.05, 3.63) is 23.8 Å². The van der Waals surface area contributed by atoms with E-state index in [1.165, 1.54) is 11.3 Å². The quantitative estimate of drug-likeness (QED) is 0.754. The molecule has 2 N–H and O–H groups in total. The lowest BCUT2D eigenvalue weighted by Gasteiger charge is -2.29. The van der Waals surface area contributed by atoms with Crippen LogP contribution in [0.4, 0.5) is 11.4 Å². The van der Waals surface area contributed by atoms with Gasteiger partial charge in [-0.15, -0.1) is 0 Å². The molecule has 15 heavy (non-hydrogen) atoms. The maximum absolute atomic E-state index is 5.90. The molecule has 0 saturated carbocycles. The Balaban J connectivity index is 2.92. The second kappa shape index (κ2) is 4.13. The number of nitrogen functional groups attached to an aromatic ring is 1. The van der Waals surface area contributed by atoms with Crippen LogP contribution in [0.3, 0.4) is 0 Å². The molecule has 0 heterocycles. The smallest absolute Gasteiger partial charge is 0.0414 e. The number of nitrogens with two attached hydrogens (primary N) is 1. The van der Waals surface area contributed by atoms with E-state index in [1.54, 1.807) is 0 Å². The third-order valence-electron chi connectivity index (χ3n) is 2.47. The molecule has 0 atom stereocenters. The molecule has 0 spiro atoms. The van der Waals surface area contributed by atoms with Gasteiger partial charge in [-0.25, -0.2) is 0 Å². The van der Waals surface area contributed by atoms with Gasteiger partial charge in [0.05, 0.1) is 0 Å². The highest BCUT2D eigenvalue weighted by molar-refractivity contribution is 5.63. The van der Waals surface area contributed by atoms with Gasteiger partial charge in [0, 0.05) is 25.0 Å². The molecule has 1 aromatic rings. The summed E-state index contributed by atoms with van der Waals surface area (Å²) in [5.74, 6) is 0. The van der Waals surface area contributed by atoms with E-state index in [1.807, 2.05) is 12.1 Å². The van der Waals surface area contributed by atoms with Crippen molar-refractivity contribution < 1.29 is 0 Å². The molecule has 0 unspecified atom stereocenters. The highest BCUT2D eigenvalue weighted by atomic mass is 15.1. The Kier molecular flexibility index (Phi) is 3.28. The highest BCUT2D eigenvalue weighted by Crippen LogP contribution is 2.26. The van der Waals surface area contributed by atoms with Crippen LogP contribution in [0, 0.1) is 12.3 Å². The van der Waals surface area contributed by atoms with E-state index in [9.17, 15) is 0 Å². The second-order valence-electron chi connectivity index (χ2n) is 5.41. The predicted molar refractivity (Wildman–Crippen MR) is 68.3 cm³/mol. The number of anilines is 2. The molecular weight excluding hydrogens is 184 g/mol. The molecule has 0 aromatic heterocycles. The Morgan fingerprint density at radius 3 is 2.40 bits per heavy atom. The number of benzene rings is 1. The first-order valence-corrected chi connectivity index (χ1v) is 5.37. The van der Waals surface area contributed by atoms with Gasteiger partial charge < -0.3 is 10.6 Å². The standard InChI is InChI=1S/C13H22N2/c1-10-11(14)7-6-8-12(10)15(5)9-13(2,3)4/h6-8H,9,14H2,1-5H3. The molecule has 2 nitrogen and oxygen atoms in total. The van der Waals surface area contributed by atoms with Crippen LogP contribution >= 0.6 is 0 Å². The van der Waals surface area contributed by atoms with E-state index >= 15 is 0 Å². The van der Waals surface area contributed by atoms with Gasteiger partial charge in [0.15, 0.2) is 0 Å². The number of rotatable bonds is 2. The second-order valence-corrected chi connectivity index (χ2v) is 5.41. The minimum absolute atomic E-state index is 0.297. The van der Waals surface area contributed by atoms with Gasteiger partial charge in [0.2, 0.25) is 0 Å². The maximum atomic E-state index is 5.90. The Hall–Kier alpha value is -1.18. The van der Waals surface area contributed by atoms with Crippen LogP contribution in [0.15, 0.2) is 18.2 Å². The van der Waals surface area contributed by atoms with Gasteiger partial charge in [-0.2, -0.15) is 0 Å². The normalized spacial score (nSPS) is 11.5. The summed E-state index contributed by atoms with van der Waals surface area (Å²) in [7, 11) is 2.12. The van der Waals surface area contributed by atoms with E-state index in [-0.39, 0.29) is 0 Å². The van der Waals surface area contributed by atoms with Gasteiger partial charge >= 0.3 is 0 Å². The zero-order valence-electron chi connectivity index (χ0n) is 10.5. The van der Waals surface area contributed by atoms with E-state index in [0.29, 0.717) is 5.41 Å². The van der Waals surface area contributed by atoms with Crippen molar-refractivity contribution in [2.75, 3.05) is 24.2 Å². The summed E-state index contributed by atoms with van der Waals surface area (Å²) in [6.45, 7) is 9.82. The van der Waals surface area contributed by atoms with E-state index < -0.39 is 0 Å². The maximum Gasteiger partial charge on any atom is 0.0414 e. The van der Waals surface area contributed by atoms with E-state index in [2.05, 4.69) is 45.7 Å². The molecule has 0 bridgehead atoms. The van der Waals surface area contributed by atoms with Crippen molar-refractivity contribution in [3.8, 4) is 0 Å². The summed E-state index contributed by atoms with van der Waals surface area (Å²) in [4.78, 5) is 2.27. The largest absolute Gasteiger partial charge is 0.398 e. The average Bonchev–Trinajstić information content (AvgIpc) is 2.06. The molecule has 0 amide bonds. The summed E-state index contributed by atoms with van der Waals surface area (Å²) in [6, 6.07) is 6.08. The Bertz CT molecular complexity index is 337. The third kappa shape index (κ3) is 3.15. The first-order valence-electron chi connectivity index (χ1n) is 5.37. The summed E-state index contributed by atoms with van der Waals surface area (Å²) in [5.41, 5.74) is 9.46. The summed E-state index contributed by atoms with van der Waals surface area (Å²) in [5, 5.41) is 0. The summed E-state index contributed by atoms with van der Waals surface area (Å²) in [6.07, 6.45) is 0. The van der Waals surface area contributed by atoms with Crippen LogP contribution < -0.4 is 10.6 Å². The van der Waals surface area contributed by atoms with Gasteiger partial charge in [0.25, 0.3) is 0 Å². The average molecular weight is 206 g/mol. The lowest BCUT2D eigenvalue weighted by atomic mass is 9.95. The molecule has 0 radical (unpaired) electrons. The van der Waals surface area contributed by atoms with Gasteiger partial charge in [0.1, 0.15) is 0 Å². The molecule has 1 rings (SSSR count).